The Kier molecular flexibility index (Phi) is 9.04. The number of ether oxygens (including phenoxy) is 1. The molecule has 1 aromatic carbocycles. The van der Waals surface area contributed by atoms with Gasteiger partial charge in [0.15, 0.2) is 0 Å². The highest BCUT2D eigenvalue weighted by atomic mass is 35.5. The third-order valence-corrected chi connectivity index (χ3v) is 7.26. The Morgan fingerprint density at radius 2 is 1.76 bits per heavy atom. The second-order valence-electron chi connectivity index (χ2n) is 11.2. The molecule has 6 nitrogen and oxygen atoms in total. The zero-order chi connectivity index (χ0) is 25.0. The second-order valence-corrected chi connectivity index (χ2v) is 11.6. The number of nitrogens with zero attached hydrogens (tertiary/aromatic N) is 2. The van der Waals surface area contributed by atoms with Crippen molar-refractivity contribution in [1.29, 1.82) is 0 Å². The van der Waals surface area contributed by atoms with Gasteiger partial charge in [-0.15, -0.1) is 0 Å². The first kappa shape index (κ1) is 27.0. The van der Waals surface area contributed by atoms with Gasteiger partial charge < -0.3 is 14.7 Å². The van der Waals surface area contributed by atoms with E-state index in [9.17, 15) is 14.7 Å². The Balaban J connectivity index is 1.59. The fourth-order valence-electron chi connectivity index (χ4n) is 5.11. The molecule has 1 N–H and O–H groups in total. The minimum Gasteiger partial charge on any atom is -0.444 e. The van der Waals surface area contributed by atoms with Crippen LogP contribution in [0.15, 0.2) is 12.1 Å². The van der Waals surface area contributed by atoms with Crippen molar-refractivity contribution < 1.29 is 19.4 Å². The first-order valence-corrected chi connectivity index (χ1v) is 13.0. The number of aliphatic hydroxyl groups is 1. The van der Waals surface area contributed by atoms with Gasteiger partial charge in [-0.2, -0.15) is 0 Å². The predicted octanol–water partition coefficient (Wildman–Crippen LogP) is 5.14. The first-order chi connectivity index (χ1) is 15.9. The van der Waals surface area contributed by atoms with Crippen LogP contribution in [-0.2, 0) is 22.5 Å². The normalized spacial score (nSPS) is 24.2. The standard InChI is InChI=1S/C27H41ClN2O4/c1-18-16-29(10-11-30(18)26(33)34-27(3,4)5)17-22-14-23(28)13-21(19(22)2)15-25(32)12-20-6-8-24(31)9-7-20/h13-14,18,20,24,31H,6-12,15-17H2,1-5H3/t18-,20?,24?/m0/s1. The molecule has 0 aromatic heterocycles. The summed E-state index contributed by atoms with van der Waals surface area (Å²) in [5, 5.41) is 10.4. The summed E-state index contributed by atoms with van der Waals surface area (Å²) in [6, 6.07) is 3.97. The van der Waals surface area contributed by atoms with E-state index in [0.29, 0.717) is 30.3 Å². The van der Waals surface area contributed by atoms with E-state index in [4.69, 9.17) is 16.3 Å². The van der Waals surface area contributed by atoms with Gasteiger partial charge >= 0.3 is 6.09 Å². The van der Waals surface area contributed by atoms with Crippen LogP contribution >= 0.6 is 11.6 Å². The highest BCUT2D eigenvalue weighted by Gasteiger charge is 2.31. The zero-order valence-corrected chi connectivity index (χ0v) is 22.2. The number of aliphatic hydroxyl groups excluding tert-OH is 1. The largest absolute Gasteiger partial charge is 0.444 e. The van der Waals surface area contributed by atoms with Crippen LogP contribution in [0.25, 0.3) is 0 Å². The molecule has 7 heteroatoms. The van der Waals surface area contributed by atoms with Crippen molar-refractivity contribution >= 4 is 23.5 Å². The third-order valence-electron chi connectivity index (χ3n) is 7.04. The molecular formula is C27H41ClN2O4. The third kappa shape index (κ3) is 7.69. The number of ketones is 1. The molecule has 3 rings (SSSR count). The van der Waals surface area contributed by atoms with Crippen LogP contribution in [0, 0.1) is 12.8 Å². The molecule has 1 atom stereocenters. The quantitative estimate of drug-likeness (QED) is 0.595. The van der Waals surface area contributed by atoms with Crippen LogP contribution < -0.4 is 0 Å². The van der Waals surface area contributed by atoms with Crippen molar-refractivity contribution in [3.05, 3.63) is 33.8 Å². The number of Topliss-reactive ketones (excluding diaryl/α,β-unsaturated/α-hetero) is 1. The molecule has 0 radical (unpaired) electrons. The molecular weight excluding hydrogens is 452 g/mol. The molecule has 190 valence electrons. The lowest BCUT2D eigenvalue weighted by atomic mass is 9.83. The molecule has 0 unspecified atom stereocenters. The maximum absolute atomic E-state index is 12.8. The van der Waals surface area contributed by atoms with Gasteiger partial charge in [0.2, 0.25) is 0 Å². The minimum atomic E-state index is -0.502. The van der Waals surface area contributed by atoms with Gasteiger partial charge in [-0.3, -0.25) is 9.69 Å². The van der Waals surface area contributed by atoms with E-state index in [1.807, 2.05) is 32.9 Å². The van der Waals surface area contributed by atoms with Crippen molar-refractivity contribution in [2.75, 3.05) is 19.6 Å². The van der Waals surface area contributed by atoms with E-state index < -0.39 is 5.60 Å². The summed E-state index contributed by atoms with van der Waals surface area (Å²) in [7, 11) is 0. The molecule has 34 heavy (non-hydrogen) atoms. The lowest BCUT2D eigenvalue weighted by Crippen LogP contribution is -2.54. The molecule has 1 aliphatic carbocycles. The minimum absolute atomic E-state index is 0.0538. The van der Waals surface area contributed by atoms with Crippen LogP contribution in [0.2, 0.25) is 5.02 Å². The topological polar surface area (TPSA) is 70.1 Å². The summed E-state index contributed by atoms with van der Waals surface area (Å²) < 4.78 is 5.55. The van der Waals surface area contributed by atoms with E-state index in [1.165, 1.54) is 0 Å². The Morgan fingerprint density at radius 1 is 1.12 bits per heavy atom. The molecule has 1 saturated heterocycles. The molecule has 0 spiro atoms. The van der Waals surface area contributed by atoms with Crippen molar-refractivity contribution in [2.45, 2.75) is 97.4 Å². The monoisotopic (exact) mass is 492 g/mol. The Bertz CT molecular complexity index is 874. The lowest BCUT2D eigenvalue weighted by Gasteiger charge is -2.40. The second kappa shape index (κ2) is 11.4. The van der Waals surface area contributed by atoms with Gasteiger partial charge in [-0.25, -0.2) is 4.79 Å². The van der Waals surface area contributed by atoms with E-state index in [0.717, 1.165) is 62.0 Å². The van der Waals surface area contributed by atoms with Gasteiger partial charge in [-0.1, -0.05) is 11.6 Å². The smallest absolute Gasteiger partial charge is 0.410 e. The van der Waals surface area contributed by atoms with E-state index in [1.54, 1.807) is 4.90 Å². The van der Waals surface area contributed by atoms with E-state index in [-0.39, 0.29) is 24.0 Å². The molecule has 2 aliphatic rings. The van der Waals surface area contributed by atoms with E-state index >= 15 is 0 Å². The van der Waals surface area contributed by atoms with Crippen molar-refractivity contribution in [2.24, 2.45) is 5.92 Å². The van der Waals surface area contributed by atoms with Gasteiger partial charge in [0.25, 0.3) is 0 Å². The van der Waals surface area contributed by atoms with Crippen molar-refractivity contribution in [3.63, 3.8) is 0 Å². The van der Waals surface area contributed by atoms with Crippen LogP contribution in [0.1, 0.15) is 76.5 Å². The summed E-state index contributed by atoms with van der Waals surface area (Å²) in [5.41, 5.74) is 2.76. The highest BCUT2D eigenvalue weighted by molar-refractivity contribution is 6.30. The number of rotatable bonds is 6. The lowest BCUT2D eigenvalue weighted by molar-refractivity contribution is -0.119. The van der Waals surface area contributed by atoms with Gasteiger partial charge in [0, 0.05) is 50.1 Å². The average Bonchev–Trinajstić information content (AvgIpc) is 2.72. The summed E-state index contributed by atoms with van der Waals surface area (Å²) in [4.78, 5) is 29.5. The van der Waals surface area contributed by atoms with E-state index in [2.05, 4.69) is 18.7 Å². The molecule has 0 bridgehead atoms. The maximum Gasteiger partial charge on any atom is 0.410 e. The Hall–Kier alpha value is -1.63. The number of benzene rings is 1. The van der Waals surface area contributed by atoms with Crippen LogP contribution in [0.5, 0.6) is 0 Å². The number of carbonyl (C=O) groups excluding carboxylic acids is 2. The van der Waals surface area contributed by atoms with Gasteiger partial charge in [0.1, 0.15) is 11.4 Å². The van der Waals surface area contributed by atoms with Crippen LogP contribution in [0.3, 0.4) is 0 Å². The Labute approximate surface area is 209 Å². The summed E-state index contributed by atoms with van der Waals surface area (Å²) >= 11 is 6.46. The average molecular weight is 493 g/mol. The number of hydrogen-bond donors (Lipinski definition) is 1. The fraction of sp³-hybridized carbons (Fsp3) is 0.704. The fourth-order valence-corrected chi connectivity index (χ4v) is 5.37. The molecule has 1 saturated carbocycles. The number of carbonyl (C=O) groups is 2. The molecule has 2 fully saturated rings. The summed E-state index contributed by atoms with van der Waals surface area (Å²) in [6.45, 7) is 12.7. The van der Waals surface area contributed by atoms with Crippen molar-refractivity contribution in [3.8, 4) is 0 Å². The zero-order valence-electron chi connectivity index (χ0n) is 21.4. The number of halogens is 1. The summed E-state index contributed by atoms with van der Waals surface area (Å²) in [6.07, 6.45) is 4.00. The van der Waals surface area contributed by atoms with Crippen LogP contribution in [-0.4, -0.2) is 64.2 Å². The van der Waals surface area contributed by atoms with Gasteiger partial charge in [-0.05, 0) is 95.0 Å². The number of hydrogen-bond acceptors (Lipinski definition) is 5. The Morgan fingerprint density at radius 3 is 2.38 bits per heavy atom. The molecule has 1 heterocycles. The maximum atomic E-state index is 12.8. The number of piperazine rings is 1. The first-order valence-electron chi connectivity index (χ1n) is 12.6. The SMILES string of the molecule is Cc1c(CC(=O)CC2CCC(O)CC2)cc(Cl)cc1CN1CCN(C(=O)OC(C)(C)C)[C@@H](C)C1. The highest BCUT2D eigenvalue weighted by Crippen LogP contribution is 2.29. The van der Waals surface area contributed by atoms with Gasteiger partial charge in [0.05, 0.1) is 6.10 Å². The molecule has 1 amide bonds. The summed E-state index contributed by atoms with van der Waals surface area (Å²) in [5.74, 6) is 0.634. The molecule has 1 aromatic rings. The predicted molar refractivity (Wildman–Crippen MR) is 135 cm³/mol. The number of amides is 1. The van der Waals surface area contributed by atoms with Crippen molar-refractivity contribution in [1.82, 2.24) is 9.80 Å². The molecule has 1 aliphatic heterocycles. The van der Waals surface area contributed by atoms with Crippen LogP contribution in [0.4, 0.5) is 4.79 Å².